The first-order chi connectivity index (χ1) is 7.84. The number of nitrogens with one attached hydrogen (secondary N) is 1. The fourth-order valence-corrected chi connectivity index (χ4v) is 2.21. The molecule has 1 heterocycles. The average molecular weight is 232 g/mol. The van der Waals surface area contributed by atoms with Gasteiger partial charge in [0.15, 0.2) is 0 Å². The highest BCUT2D eigenvalue weighted by Gasteiger charge is 1.94. The Hall–Kier alpha value is -1.32. The lowest BCUT2D eigenvalue weighted by atomic mass is 10.1. The second-order valence-electron chi connectivity index (χ2n) is 3.80. The summed E-state index contributed by atoms with van der Waals surface area (Å²) in [4.78, 5) is 0. The molecule has 0 fully saturated rings. The van der Waals surface area contributed by atoms with Gasteiger partial charge in [-0.15, -0.1) is 0 Å². The number of hydrogen-bond donors (Lipinski definition) is 2. The van der Waals surface area contributed by atoms with Crippen LogP contribution in [0, 0.1) is 0 Å². The summed E-state index contributed by atoms with van der Waals surface area (Å²) in [6.45, 7) is 1.96. The molecule has 2 aromatic rings. The maximum atomic E-state index is 5.63. The Morgan fingerprint density at radius 2 is 1.88 bits per heavy atom. The molecule has 1 aromatic carbocycles. The molecule has 3 N–H and O–H groups in total. The van der Waals surface area contributed by atoms with E-state index in [1.54, 1.807) is 11.3 Å². The standard InChI is InChI=1S/C13H16N2S/c14-13-3-1-11(2-4-13)5-7-15-9-12-6-8-16-10-12/h1-4,6,8,10,15H,5,7,9,14H2. The highest BCUT2D eigenvalue weighted by molar-refractivity contribution is 7.07. The molecule has 0 spiro atoms. The third-order valence-corrected chi connectivity index (χ3v) is 3.21. The van der Waals surface area contributed by atoms with E-state index in [0.717, 1.165) is 25.2 Å². The Bertz CT molecular complexity index is 406. The summed E-state index contributed by atoms with van der Waals surface area (Å²) < 4.78 is 0. The lowest BCUT2D eigenvalue weighted by Crippen LogP contribution is -2.16. The van der Waals surface area contributed by atoms with Crippen LogP contribution in [0.4, 0.5) is 5.69 Å². The summed E-state index contributed by atoms with van der Waals surface area (Å²) in [7, 11) is 0. The zero-order chi connectivity index (χ0) is 11.2. The van der Waals surface area contributed by atoms with E-state index in [2.05, 4.69) is 34.3 Å². The largest absolute Gasteiger partial charge is 0.399 e. The fraction of sp³-hybridized carbons (Fsp3) is 0.231. The molecular formula is C13H16N2S. The van der Waals surface area contributed by atoms with E-state index in [-0.39, 0.29) is 0 Å². The maximum Gasteiger partial charge on any atom is 0.0314 e. The van der Waals surface area contributed by atoms with Crippen molar-refractivity contribution in [1.29, 1.82) is 0 Å². The van der Waals surface area contributed by atoms with Crippen LogP contribution in [0.5, 0.6) is 0 Å². The van der Waals surface area contributed by atoms with Crippen molar-refractivity contribution in [2.75, 3.05) is 12.3 Å². The van der Waals surface area contributed by atoms with Gasteiger partial charge in [0.25, 0.3) is 0 Å². The van der Waals surface area contributed by atoms with Crippen molar-refractivity contribution in [1.82, 2.24) is 5.32 Å². The van der Waals surface area contributed by atoms with Gasteiger partial charge in [0.2, 0.25) is 0 Å². The second-order valence-corrected chi connectivity index (χ2v) is 4.58. The monoisotopic (exact) mass is 232 g/mol. The van der Waals surface area contributed by atoms with Gasteiger partial charge >= 0.3 is 0 Å². The Kier molecular flexibility index (Phi) is 3.97. The molecule has 0 unspecified atom stereocenters. The van der Waals surface area contributed by atoms with Crippen molar-refractivity contribution >= 4 is 17.0 Å². The van der Waals surface area contributed by atoms with E-state index in [9.17, 15) is 0 Å². The predicted octanol–water partition coefficient (Wildman–Crippen LogP) is 2.66. The van der Waals surface area contributed by atoms with E-state index < -0.39 is 0 Å². The number of benzene rings is 1. The van der Waals surface area contributed by atoms with Crippen LogP contribution in [0.15, 0.2) is 41.1 Å². The van der Waals surface area contributed by atoms with Gasteiger partial charge in [-0.25, -0.2) is 0 Å². The lowest BCUT2D eigenvalue weighted by molar-refractivity contribution is 0.688. The zero-order valence-electron chi connectivity index (χ0n) is 9.15. The number of hydrogen-bond acceptors (Lipinski definition) is 3. The highest BCUT2D eigenvalue weighted by atomic mass is 32.1. The zero-order valence-corrected chi connectivity index (χ0v) is 9.96. The molecule has 0 amide bonds. The molecule has 2 nitrogen and oxygen atoms in total. The van der Waals surface area contributed by atoms with Crippen LogP contribution in [0.3, 0.4) is 0 Å². The van der Waals surface area contributed by atoms with Gasteiger partial charge in [0.05, 0.1) is 0 Å². The third-order valence-electron chi connectivity index (χ3n) is 2.48. The molecular weight excluding hydrogens is 216 g/mol. The third kappa shape index (κ3) is 3.36. The topological polar surface area (TPSA) is 38.0 Å². The molecule has 2 rings (SSSR count). The fourth-order valence-electron chi connectivity index (χ4n) is 1.54. The van der Waals surface area contributed by atoms with Crippen molar-refractivity contribution in [2.45, 2.75) is 13.0 Å². The summed E-state index contributed by atoms with van der Waals surface area (Å²) in [5, 5.41) is 7.71. The van der Waals surface area contributed by atoms with E-state index in [1.807, 2.05) is 12.1 Å². The smallest absolute Gasteiger partial charge is 0.0314 e. The van der Waals surface area contributed by atoms with E-state index in [1.165, 1.54) is 11.1 Å². The molecule has 0 radical (unpaired) electrons. The van der Waals surface area contributed by atoms with Crippen molar-refractivity contribution in [2.24, 2.45) is 0 Å². The normalized spacial score (nSPS) is 10.5. The van der Waals surface area contributed by atoms with E-state index >= 15 is 0 Å². The average Bonchev–Trinajstić information content (AvgIpc) is 2.80. The first kappa shape index (κ1) is 11.2. The van der Waals surface area contributed by atoms with E-state index in [0.29, 0.717) is 0 Å². The summed E-state index contributed by atoms with van der Waals surface area (Å²) in [5.41, 5.74) is 9.15. The molecule has 0 bridgehead atoms. The van der Waals surface area contributed by atoms with Crippen molar-refractivity contribution in [3.63, 3.8) is 0 Å². The SMILES string of the molecule is Nc1ccc(CCNCc2ccsc2)cc1. The van der Waals surface area contributed by atoms with Crippen molar-refractivity contribution < 1.29 is 0 Å². The van der Waals surface area contributed by atoms with Gasteiger partial charge in [-0.3, -0.25) is 0 Å². The quantitative estimate of drug-likeness (QED) is 0.614. The molecule has 0 saturated carbocycles. The summed E-state index contributed by atoms with van der Waals surface area (Å²) in [6.07, 6.45) is 1.05. The molecule has 16 heavy (non-hydrogen) atoms. The van der Waals surface area contributed by atoms with Crippen LogP contribution in [0.25, 0.3) is 0 Å². The molecule has 84 valence electrons. The van der Waals surface area contributed by atoms with Crippen LogP contribution in [-0.4, -0.2) is 6.54 Å². The highest BCUT2D eigenvalue weighted by Crippen LogP contribution is 2.07. The van der Waals surface area contributed by atoms with Gasteiger partial charge in [-0.2, -0.15) is 11.3 Å². The van der Waals surface area contributed by atoms with Crippen LogP contribution in [-0.2, 0) is 13.0 Å². The molecule has 0 saturated heterocycles. The molecule has 0 aliphatic rings. The number of anilines is 1. The molecule has 1 aromatic heterocycles. The Morgan fingerprint density at radius 3 is 2.56 bits per heavy atom. The molecule has 0 aliphatic heterocycles. The minimum absolute atomic E-state index is 0.829. The van der Waals surface area contributed by atoms with Crippen LogP contribution < -0.4 is 11.1 Å². The number of rotatable bonds is 5. The Balaban J connectivity index is 1.70. The van der Waals surface area contributed by atoms with Gasteiger partial charge in [-0.1, -0.05) is 12.1 Å². The van der Waals surface area contributed by atoms with Crippen molar-refractivity contribution in [3.05, 3.63) is 52.2 Å². The number of nitrogens with two attached hydrogens (primary N) is 1. The van der Waals surface area contributed by atoms with Crippen LogP contribution >= 0.6 is 11.3 Å². The number of nitrogen functional groups attached to an aromatic ring is 1. The van der Waals surface area contributed by atoms with Crippen LogP contribution in [0.1, 0.15) is 11.1 Å². The van der Waals surface area contributed by atoms with E-state index in [4.69, 9.17) is 5.73 Å². The molecule has 0 atom stereocenters. The molecule has 0 aliphatic carbocycles. The molecule has 3 heteroatoms. The first-order valence-corrected chi connectivity index (χ1v) is 6.35. The summed E-state index contributed by atoms with van der Waals surface area (Å²) in [5.74, 6) is 0. The Morgan fingerprint density at radius 1 is 1.06 bits per heavy atom. The second kappa shape index (κ2) is 5.68. The first-order valence-electron chi connectivity index (χ1n) is 5.41. The number of thiophene rings is 1. The predicted molar refractivity (Wildman–Crippen MR) is 70.6 cm³/mol. The maximum absolute atomic E-state index is 5.63. The summed E-state index contributed by atoms with van der Waals surface area (Å²) >= 11 is 1.74. The van der Waals surface area contributed by atoms with Crippen LogP contribution in [0.2, 0.25) is 0 Å². The van der Waals surface area contributed by atoms with Gasteiger partial charge in [-0.05, 0) is 53.1 Å². The van der Waals surface area contributed by atoms with Gasteiger partial charge < -0.3 is 11.1 Å². The minimum Gasteiger partial charge on any atom is -0.399 e. The summed E-state index contributed by atoms with van der Waals surface area (Å²) in [6, 6.07) is 10.2. The van der Waals surface area contributed by atoms with Gasteiger partial charge in [0.1, 0.15) is 0 Å². The minimum atomic E-state index is 0.829. The van der Waals surface area contributed by atoms with Crippen molar-refractivity contribution in [3.8, 4) is 0 Å². The van der Waals surface area contributed by atoms with Gasteiger partial charge in [0, 0.05) is 12.2 Å². The lowest BCUT2D eigenvalue weighted by Gasteiger charge is -2.04. The Labute approximate surface area is 100 Å².